The molecule has 1 N–H and O–H groups in total. The number of hydrogen-bond acceptors (Lipinski definition) is 2. The lowest BCUT2D eigenvalue weighted by Crippen LogP contribution is -2.37. The molecule has 0 aromatic heterocycles. The highest BCUT2D eigenvalue weighted by atomic mass is 35.5. The summed E-state index contributed by atoms with van der Waals surface area (Å²) in [5.74, 6) is -0.341. The van der Waals surface area contributed by atoms with Gasteiger partial charge in [0.1, 0.15) is 5.82 Å². The summed E-state index contributed by atoms with van der Waals surface area (Å²) in [5.41, 5.74) is 2.39. The maximum Gasteiger partial charge on any atom is 0.142 e. The Balaban J connectivity index is 1.73. The highest BCUT2D eigenvalue weighted by molar-refractivity contribution is 8.00. The Morgan fingerprint density at radius 1 is 1.33 bits per heavy atom. The van der Waals surface area contributed by atoms with E-state index in [1.807, 2.05) is 24.9 Å². The number of rotatable bonds is 4. The fourth-order valence-electron chi connectivity index (χ4n) is 2.77. The van der Waals surface area contributed by atoms with Crippen LogP contribution >= 0.6 is 23.4 Å². The molecule has 1 aliphatic heterocycles. The first-order valence-electron chi connectivity index (χ1n) is 7.03. The molecule has 110 valence electrons. The number of benzene rings is 2. The first-order chi connectivity index (χ1) is 10.2. The summed E-state index contributed by atoms with van der Waals surface area (Å²) in [7, 11) is 1.97. The fraction of sp³-hybridized carbons (Fsp3) is 0.294. The van der Waals surface area contributed by atoms with Crippen molar-refractivity contribution >= 4 is 23.4 Å². The third-order valence-electron chi connectivity index (χ3n) is 3.93. The molecule has 2 aromatic rings. The summed E-state index contributed by atoms with van der Waals surface area (Å²) in [6.07, 6.45) is 1.86. The van der Waals surface area contributed by atoms with Gasteiger partial charge < -0.3 is 5.32 Å². The average molecular weight is 322 g/mol. The predicted molar refractivity (Wildman–Crippen MR) is 87.8 cm³/mol. The molecule has 1 aliphatic rings. The minimum Gasteiger partial charge on any atom is -0.316 e. The van der Waals surface area contributed by atoms with Gasteiger partial charge in [-0.2, -0.15) is 0 Å². The second-order valence-corrected chi connectivity index (χ2v) is 7.00. The van der Waals surface area contributed by atoms with Gasteiger partial charge in [-0.25, -0.2) is 4.39 Å². The molecule has 0 aliphatic carbocycles. The lowest BCUT2D eigenvalue weighted by molar-refractivity contribution is 0.534. The molecule has 21 heavy (non-hydrogen) atoms. The van der Waals surface area contributed by atoms with Crippen LogP contribution in [0, 0.1) is 5.82 Å². The van der Waals surface area contributed by atoms with Crippen LogP contribution in [-0.2, 0) is 12.8 Å². The zero-order valence-corrected chi connectivity index (χ0v) is 13.3. The maximum absolute atomic E-state index is 13.6. The Hall–Kier alpha value is -1.03. The molecule has 0 radical (unpaired) electrons. The van der Waals surface area contributed by atoms with Crippen molar-refractivity contribution in [2.24, 2.45) is 0 Å². The van der Waals surface area contributed by atoms with E-state index in [1.54, 1.807) is 12.1 Å². The van der Waals surface area contributed by atoms with Crippen molar-refractivity contribution in [1.29, 1.82) is 0 Å². The van der Waals surface area contributed by atoms with Crippen molar-refractivity contribution in [1.82, 2.24) is 5.32 Å². The van der Waals surface area contributed by atoms with Crippen LogP contribution in [0.4, 0.5) is 4.39 Å². The van der Waals surface area contributed by atoms with E-state index in [1.165, 1.54) is 10.5 Å². The molecule has 0 bridgehead atoms. The van der Waals surface area contributed by atoms with Crippen LogP contribution in [0.1, 0.15) is 11.1 Å². The van der Waals surface area contributed by atoms with Crippen LogP contribution in [0.2, 0.25) is 5.02 Å². The van der Waals surface area contributed by atoms with E-state index < -0.39 is 0 Å². The topological polar surface area (TPSA) is 12.0 Å². The SMILES string of the molecule is CNC(Cc1ccc(Cl)c(F)c1)C1Cc2ccccc2S1. The molecule has 2 aromatic carbocycles. The number of likely N-dealkylation sites (N-methyl/N-ethyl adjacent to an activating group) is 1. The molecule has 2 unspecified atom stereocenters. The maximum atomic E-state index is 13.6. The predicted octanol–water partition coefficient (Wildman–Crippen LogP) is 4.33. The number of hydrogen-bond donors (Lipinski definition) is 1. The molecule has 0 saturated carbocycles. The summed E-state index contributed by atoms with van der Waals surface area (Å²) in [6, 6.07) is 13.9. The molecular formula is C17H17ClFNS. The Morgan fingerprint density at radius 2 is 2.14 bits per heavy atom. The van der Waals surface area contributed by atoms with Crippen LogP contribution in [0.3, 0.4) is 0 Å². The van der Waals surface area contributed by atoms with Gasteiger partial charge in [0, 0.05) is 16.2 Å². The van der Waals surface area contributed by atoms with Crippen molar-refractivity contribution in [3.63, 3.8) is 0 Å². The second-order valence-electron chi connectivity index (χ2n) is 5.32. The number of fused-ring (bicyclic) bond motifs is 1. The Kier molecular flexibility index (Phi) is 4.53. The van der Waals surface area contributed by atoms with E-state index in [0.717, 1.165) is 18.4 Å². The molecule has 0 spiro atoms. The van der Waals surface area contributed by atoms with E-state index in [-0.39, 0.29) is 10.8 Å². The van der Waals surface area contributed by atoms with E-state index in [4.69, 9.17) is 11.6 Å². The quantitative estimate of drug-likeness (QED) is 0.899. The monoisotopic (exact) mass is 321 g/mol. The number of thioether (sulfide) groups is 1. The molecule has 3 rings (SSSR count). The first-order valence-corrected chi connectivity index (χ1v) is 8.29. The smallest absolute Gasteiger partial charge is 0.142 e. The van der Waals surface area contributed by atoms with Crippen LogP contribution in [0.25, 0.3) is 0 Å². The normalized spacial score (nSPS) is 18.5. The van der Waals surface area contributed by atoms with Crippen LogP contribution in [-0.4, -0.2) is 18.3 Å². The summed E-state index contributed by atoms with van der Waals surface area (Å²) in [4.78, 5) is 1.37. The molecule has 2 atom stereocenters. The molecule has 4 heteroatoms. The van der Waals surface area contributed by atoms with Crippen molar-refractivity contribution in [3.8, 4) is 0 Å². The fourth-order valence-corrected chi connectivity index (χ4v) is 4.34. The van der Waals surface area contributed by atoms with Gasteiger partial charge in [0.25, 0.3) is 0 Å². The third kappa shape index (κ3) is 3.25. The van der Waals surface area contributed by atoms with Crippen molar-refractivity contribution < 1.29 is 4.39 Å². The summed E-state index contributed by atoms with van der Waals surface area (Å²) >= 11 is 7.66. The zero-order chi connectivity index (χ0) is 14.8. The molecule has 1 nitrogen and oxygen atoms in total. The minimum absolute atomic E-state index is 0.183. The standard InChI is InChI=1S/C17H17ClFNS/c1-20-15(9-11-6-7-13(18)14(19)8-11)17-10-12-4-2-3-5-16(12)21-17/h2-8,15,17,20H,9-10H2,1H3. The van der Waals surface area contributed by atoms with E-state index >= 15 is 0 Å². The van der Waals surface area contributed by atoms with E-state index in [0.29, 0.717) is 11.3 Å². The minimum atomic E-state index is -0.341. The third-order valence-corrected chi connectivity index (χ3v) is 5.69. The van der Waals surface area contributed by atoms with Gasteiger partial charge in [0.15, 0.2) is 0 Å². The molecule has 0 amide bonds. The number of nitrogens with one attached hydrogen (secondary N) is 1. The van der Waals surface area contributed by atoms with Crippen LogP contribution < -0.4 is 5.32 Å². The first kappa shape index (κ1) is 14.9. The van der Waals surface area contributed by atoms with E-state index in [2.05, 4.69) is 29.6 Å². The van der Waals surface area contributed by atoms with Gasteiger partial charge in [-0.05, 0) is 49.2 Å². The van der Waals surface area contributed by atoms with Gasteiger partial charge in [-0.15, -0.1) is 11.8 Å². The summed E-state index contributed by atoms with van der Waals surface area (Å²) < 4.78 is 13.6. The van der Waals surface area contributed by atoms with E-state index in [9.17, 15) is 4.39 Å². The molecule has 0 fully saturated rings. The molecule has 1 heterocycles. The number of halogens is 2. The van der Waals surface area contributed by atoms with Gasteiger partial charge in [0.05, 0.1) is 5.02 Å². The van der Waals surface area contributed by atoms with Crippen molar-refractivity contribution in [3.05, 3.63) is 64.4 Å². The largest absolute Gasteiger partial charge is 0.316 e. The molecule has 0 saturated heterocycles. The average Bonchev–Trinajstić information content (AvgIpc) is 2.92. The van der Waals surface area contributed by atoms with Gasteiger partial charge >= 0.3 is 0 Å². The lowest BCUT2D eigenvalue weighted by Gasteiger charge is -2.22. The van der Waals surface area contributed by atoms with Gasteiger partial charge in [0.2, 0.25) is 0 Å². The summed E-state index contributed by atoms with van der Waals surface area (Å²) in [6.45, 7) is 0. The second kappa shape index (κ2) is 6.39. The Labute approximate surface area is 133 Å². The summed E-state index contributed by atoms with van der Waals surface area (Å²) in [5, 5.41) is 4.05. The van der Waals surface area contributed by atoms with Gasteiger partial charge in [-0.3, -0.25) is 0 Å². The van der Waals surface area contributed by atoms with Crippen molar-refractivity contribution in [2.45, 2.75) is 29.0 Å². The van der Waals surface area contributed by atoms with Gasteiger partial charge in [-0.1, -0.05) is 35.9 Å². The van der Waals surface area contributed by atoms with Crippen LogP contribution in [0.5, 0.6) is 0 Å². The van der Waals surface area contributed by atoms with Crippen molar-refractivity contribution in [2.75, 3.05) is 7.05 Å². The Morgan fingerprint density at radius 3 is 2.86 bits per heavy atom. The Bertz CT molecular complexity index is 621. The highest BCUT2D eigenvalue weighted by Crippen LogP contribution is 2.38. The van der Waals surface area contributed by atoms with Crippen LogP contribution in [0.15, 0.2) is 47.4 Å². The lowest BCUT2D eigenvalue weighted by atomic mass is 9.99. The zero-order valence-electron chi connectivity index (χ0n) is 11.8. The highest BCUT2D eigenvalue weighted by Gasteiger charge is 2.28. The molecular weight excluding hydrogens is 305 g/mol.